The molecule has 0 unspecified atom stereocenters. The zero-order chi connectivity index (χ0) is 19.7. The molecular weight excluding hydrogens is 334 g/mol. The number of hydrogen-bond donors (Lipinski definition) is 2. The van der Waals surface area contributed by atoms with E-state index in [9.17, 15) is 0 Å². The van der Waals surface area contributed by atoms with Gasteiger partial charge in [0.15, 0.2) is 5.96 Å². The lowest BCUT2D eigenvalue weighted by Gasteiger charge is -2.33. The molecule has 5 heteroatoms. The Morgan fingerprint density at radius 3 is 2.26 bits per heavy atom. The van der Waals surface area contributed by atoms with Crippen LogP contribution < -0.4 is 10.6 Å². The summed E-state index contributed by atoms with van der Waals surface area (Å²) in [5, 5.41) is 6.81. The van der Waals surface area contributed by atoms with E-state index in [1.165, 1.54) is 43.5 Å². The number of aliphatic imine (C=N–C) groups is 1. The fraction of sp³-hybridized carbons (Fsp3) is 0.682. The van der Waals surface area contributed by atoms with Crippen molar-refractivity contribution in [2.45, 2.75) is 58.7 Å². The van der Waals surface area contributed by atoms with E-state index >= 15 is 0 Å². The van der Waals surface area contributed by atoms with Crippen molar-refractivity contribution in [1.29, 1.82) is 0 Å². The summed E-state index contributed by atoms with van der Waals surface area (Å²) in [6, 6.07) is 8.95. The van der Waals surface area contributed by atoms with Crippen LogP contribution in [0, 0.1) is 0 Å². The van der Waals surface area contributed by atoms with Gasteiger partial charge in [0.1, 0.15) is 0 Å². The molecular formula is C22H39N5. The van der Waals surface area contributed by atoms with E-state index in [-0.39, 0.29) is 5.54 Å². The third-order valence-electron chi connectivity index (χ3n) is 5.54. The topological polar surface area (TPSA) is 42.9 Å². The largest absolute Gasteiger partial charge is 0.357 e. The molecule has 27 heavy (non-hydrogen) atoms. The highest BCUT2D eigenvalue weighted by atomic mass is 15.2. The van der Waals surface area contributed by atoms with Gasteiger partial charge in [0.2, 0.25) is 0 Å². The monoisotopic (exact) mass is 373 g/mol. The molecule has 0 radical (unpaired) electrons. The first-order valence-corrected chi connectivity index (χ1v) is 10.4. The van der Waals surface area contributed by atoms with Gasteiger partial charge in [0, 0.05) is 25.2 Å². The van der Waals surface area contributed by atoms with Gasteiger partial charge in [-0.2, -0.15) is 0 Å². The maximum absolute atomic E-state index is 4.76. The van der Waals surface area contributed by atoms with Crippen LogP contribution >= 0.6 is 0 Å². The van der Waals surface area contributed by atoms with Crippen LogP contribution in [0.25, 0.3) is 0 Å². The van der Waals surface area contributed by atoms with Gasteiger partial charge in [-0.3, -0.25) is 4.90 Å². The fourth-order valence-corrected chi connectivity index (χ4v) is 3.10. The number of nitrogens with zero attached hydrogens (tertiary/aromatic N) is 3. The summed E-state index contributed by atoms with van der Waals surface area (Å²) < 4.78 is 0. The van der Waals surface area contributed by atoms with E-state index in [0.29, 0.717) is 6.54 Å². The molecule has 1 fully saturated rings. The number of hydrogen-bond acceptors (Lipinski definition) is 3. The second-order valence-electron chi connectivity index (χ2n) is 8.41. The zero-order valence-corrected chi connectivity index (χ0v) is 18.0. The lowest BCUT2D eigenvalue weighted by molar-refractivity contribution is 0.197. The van der Waals surface area contributed by atoms with Gasteiger partial charge in [0.05, 0.1) is 6.54 Å². The van der Waals surface area contributed by atoms with Gasteiger partial charge >= 0.3 is 0 Å². The molecule has 1 saturated heterocycles. The van der Waals surface area contributed by atoms with Crippen LogP contribution in [0.4, 0.5) is 0 Å². The Balaban J connectivity index is 1.88. The van der Waals surface area contributed by atoms with Crippen LogP contribution in [0.1, 0.15) is 51.2 Å². The average Bonchev–Trinajstić information content (AvgIpc) is 2.66. The normalized spacial score (nSPS) is 16.6. The van der Waals surface area contributed by atoms with E-state index in [0.717, 1.165) is 25.6 Å². The summed E-state index contributed by atoms with van der Waals surface area (Å²) in [6.45, 7) is 12.5. The van der Waals surface area contributed by atoms with Gasteiger partial charge in [-0.05, 0) is 71.9 Å². The van der Waals surface area contributed by atoms with Crippen LogP contribution in [-0.4, -0.2) is 61.6 Å². The quantitative estimate of drug-likeness (QED) is 0.543. The van der Waals surface area contributed by atoms with Gasteiger partial charge in [0.25, 0.3) is 0 Å². The van der Waals surface area contributed by atoms with Crippen LogP contribution in [-0.2, 0) is 13.1 Å². The van der Waals surface area contributed by atoms with Crippen LogP contribution in [0.5, 0.6) is 0 Å². The molecule has 2 rings (SSSR count). The number of guanidine groups is 1. The Kier molecular flexibility index (Phi) is 8.58. The van der Waals surface area contributed by atoms with Crippen molar-refractivity contribution in [2.24, 2.45) is 4.99 Å². The summed E-state index contributed by atoms with van der Waals surface area (Å²) in [4.78, 5) is 9.55. The first-order chi connectivity index (χ1) is 12.9. The SMILES string of the molecule is CCNC(=NCc1ccc(CN2CCCCC2)cc1)NCC(C)(C)N(C)C. The third kappa shape index (κ3) is 7.51. The highest BCUT2D eigenvalue weighted by Crippen LogP contribution is 2.14. The predicted octanol–water partition coefficient (Wildman–Crippen LogP) is 3.07. The molecule has 0 aromatic heterocycles. The molecule has 1 heterocycles. The number of benzene rings is 1. The zero-order valence-electron chi connectivity index (χ0n) is 18.0. The van der Waals surface area contributed by atoms with E-state index in [4.69, 9.17) is 4.99 Å². The van der Waals surface area contributed by atoms with Gasteiger partial charge in [-0.1, -0.05) is 30.7 Å². The second-order valence-corrected chi connectivity index (χ2v) is 8.41. The molecule has 2 N–H and O–H groups in total. The van der Waals surface area contributed by atoms with E-state index in [1.54, 1.807) is 0 Å². The highest BCUT2D eigenvalue weighted by molar-refractivity contribution is 5.79. The minimum Gasteiger partial charge on any atom is -0.357 e. The van der Waals surface area contributed by atoms with Gasteiger partial charge in [-0.15, -0.1) is 0 Å². The van der Waals surface area contributed by atoms with E-state index in [1.807, 2.05) is 0 Å². The van der Waals surface area contributed by atoms with Crippen LogP contribution in [0.2, 0.25) is 0 Å². The summed E-state index contributed by atoms with van der Waals surface area (Å²) in [5.74, 6) is 0.879. The molecule has 0 atom stereocenters. The minimum absolute atomic E-state index is 0.0757. The molecule has 5 nitrogen and oxygen atoms in total. The van der Waals surface area contributed by atoms with Crippen molar-refractivity contribution in [2.75, 3.05) is 40.3 Å². The Hall–Kier alpha value is -1.59. The molecule has 0 saturated carbocycles. The van der Waals surface area contributed by atoms with Crippen LogP contribution in [0.3, 0.4) is 0 Å². The predicted molar refractivity (Wildman–Crippen MR) is 116 cm³/mol. The third-order valence-corrected chi connectivity index (χ3v) is 5.54. The number of piperidine rings is 1. The first-order valence-electron chi connectivity index (χ1n) is 10.4. The Bertz CT molecular complexity index is 571. The standard InChI is InChI=1S/C22H39N5/c1-6-23-21(25-18-22(2,3)26(4)5)24-16-19-10-12-20(13-11-19)17-27-14-8-7-9-15-27/h10-13H,6-9,14-18H2,1-5H3,(H2,23,24,25). The van der Waals surface area contributed by atoms with Gasteiger partial charge < -0.3 is 15.5 Å². The van der Waals surface area contributed by atoms with E-state index in [2.05, 4.69) is 79.6 Å². The van der Waals surface area contributed by atoms with Crippen molar-refractivity contribution >= 4 is 5.96 Å². The molecule has 1 aliphatic rings. The summed E-state index contributed by atoms with van der Waals surface area (Å²) >= 11 is 0. The van der Waals surface area contributed by atoms with Gasteiger partial charge in [-0.25, -0.2) is 4.99 Å². The fourth-order valence-electron chi connectivity index (χ4n) is 3.10. The summed E-state index contributed by atoms with van der Waals surface area (Å²) in [7, 11) is 4.22. The molecule has 0 bridgehead atoms. The van der Waals surface area contributed by atoms with Crippen molar-refractivity contribution < 1.29 is 0 Å². The maximum Gasteiger partial charge on any atom is 0.191 e. The minimum atomic E-state index is 0.0757. The number of rotatable bonds is 8. The van der Waals surface area contributed by atoms with E-state index < -0.39 is 0 Å². The summed E-state index contributed by atoms with van der Waals surface area (Å²) in [6.07, 6.45) is 4.08. The molecule has 0 aliphatic carbocycles. The molecule has 1 aromatic rings. The smallest absolute Gasteiger partial charge is 0.191 e. The Morgan fingerprint density at radius 2 is 1.67 bits per heavy atom. The van der Waals surface area contributed by atoms with Crippen molar-refractivity contribution in [3.8, 4) is 0 Å². The summed E-state index contributed by atoms with van der Waals surface area (Å²) in [5.41, 5.74) is 2.73. The average molecular weight is 374 g/mol. The van der Waals surface area contributed by atoms with Crippen molar-refractivity contribution in [3.63, 3.8) is 0 Å². The highest BCUT2D eigenvalue weighted by Gasteiger charge is 2.20. The number of likely N-dealkylation sites (N-methyl/N-ethyl adjacent to an activating group) is 1. The number of likely N-dealkylation sites (tertiary alicyclic amines) is 1. The Morgan fingerprint density at radius 1 is 1.04 bits per heavy atom. The molecule has 152 valence electrons. The van der Waals surface area contributed by atoms with Crippen LogP contribution in [0.15, 0.2) is 29.3 Å². The first kappa shape index (κ1) is 21.7. The second kappa shape index (κ2) is 10.7. The molecule has 0 spiro atoms. The lowest BCUT2D eigenvalue weighted by atomic mass is 10.0. The molecule has 0 amide bonds. The van der Waals surface area contributed by atoms with Crippen molar-refractivity contribution in [3.05, 3.63) is 35.4 Å². The molecule has 1 aromatic carbocycles. The number of nitrogens with one attached hydrogen (secondary N) is 2. The lowest BCUT2D eigenvalue weighted by Crippen LogP contribution is -2.50. The maximum atomic E-state index is 4.76. The molecule has 1 aliphatic heterocycles. The van der Waals surface area contributed by atoms with Crippen molar-refractivity contribution in [1.82, 2.24) is 20.4 Å². The Labute approximate surface area is 166 Å².